The van der Waals surface area contributed by atoms with Crippen LogP contribution < -0.4 is 4.74 Å². The van der Waals surface area contributed by atoms with Crippen molar-refractivity contribution in [2.45, 2.75) is 45.4 Å². The maximum Gasteiger partial charge on any atom is 0.335 e. The number of ether oxygens (including phenoxy) is 1. The lowest BCUT2D eigenvalue weighted by Gasteiger charge is -2.10. The summed E-state index contributed by atoms with van der Waals surface area (Å²) in [5.41, 5.74) is 0.993. The lowest BCUT2D eigenvalue weighted by atomic mass is 10.0. The number of hydrogen-bond acceptors (Lipinski definition) is 2. The normalized spacial score (nSPS) is 10.7. The van der Waals surface area contributed by atoms with E-state index in [1.807, 2.05) is 0 Å². The van der Waals surface area contributed by atoms with Gasteiger partial charge in [-0.15, -0.1) is 0 Å². The molecule has 0 unspecified atom stereocenters. The highest BCUT2D eigenvalue weighted by Crippen LogP contribution is 2.29. The van der Waals surface area contributed by atoms with Gasteiger partial charge in [-0.3, -0.25) is 0 Å². The van der Waals surface area contributed by atoms with Gasteiger partial charge in [0.1, 0.15) is 0 Å². The van der Waals surface area contributed by atoms with Crippen molar-refractivity contribution in [1.82, 2.24) is 0 Å². The van der Waals surface area contributed by atoms with Crippen LogP contribution in [-0.2, 0) is 0 Å². The van der Waals surface area contributed by atoms with E-state index >= 15 is 0 Å². The molecule has 2 aromatic carbocycles. The van der Waals surface area contributed by atoms with Crippen molar-refractivity contribution in [2.75, 3.05) is 6.61 Å². The van der Waals surface area contributed by atoms with Gasteiger partial charge in [-0.1, -0.05) is 51.2 Å². The molecule has 0 heterocycles. The largest absolute Gasteiger partial charge is 0.488 e. The third-order valence-electron chi connectivity index (χ3n) is 4.21. The predicted molar refractivity (Wildman–Crippen MR) is 97.6 cm³/mol. The van der Waals surface area contributed by atoms with E-state index in [4.69, 9.17) is 9.84 Å². The Kier molecular flexibility index (Phi) is 7.57. The van der Waals surface area contributed by atoms with Crippen LogP contribution in [0.2, 0.25) is 0 Å². The Morgan fingerprint density at radius 1 is 0.923 bits per heavy atom. The second-order valence-corrected chi connectivity index (χ2v) is 6.27. The molecule has 0 saturated carbocycles. The van der Waals surface area contributed by atoms with Gasteiger partial charge in [0.2, 0.25) is 0 Å². The van der Waals surface area contributed by atoms with E-state index in [2.05, 4.69) is 6.92 Å². The maximum absolute atomic E-state index is 14.2. The van der Waals surface area contributed by atoms with E-state index in [9.17, 15) is 13.6 Å². The molecule has 0 atom stereocenters. The van der Waals surface area contributed by atoms with E-state index < -0.39 is 17.6 Å². The molecular formula is C21H24F2O3. The first-order valence-corrected chi connectivity index (χ1v) is 8.98. The average molecular weight is 362 g/mol. The number of carbonyl (C=O) groups is 1. The summed E-state index contributed by atoms with van der Waals surface area (Å²) in [6.45, 7) is 2.44. The van der Waals surface area contributed by atoms with Crippen molar-refractivity contribution in [3.63, 3.8) is 0 Å². The highest BCUT2D eigenvalue weighted by Gasteiger charge is 2.14. The van der Waals surface area contributed by atoms with Crippen molar-refractivity contribution >= 4 is 5.97 Å². The van der Waals surface area contributed by atoms with Crippen molar-refractivity contribution in [2.24, 2.45) is 0 Å². The zero-order chi connectivity index (χ0) is 18.9. The second-order valence-electron chi connectivity index (χ2n) is 6.27. The van der Waals surface area contributed by atoms with Gasteiger partial charge < -0.3 is 9.84 Å². The lowest BCUT2D eigenvalue weighted by Crippen LogP contribution is -2.02. The standard InChI is InChI=1S/C21H24F2O3/c1-2-3-4-5-6-7-12-26-20-18(22)13-17(14-19(20)23)15-8-10-16(11-9-15)21(24)25/h8-11,13-14H,2-7,12H2,1H3,(H,24,25). The van der Waals surface area contributed by atoms with Crippen LogP contribution in [0.3, 0.4) is 0 Å². The van der Waals surface area contributed by atoms with Crippen LogP contribution in [-0.4, -0.2) is 17.7 Å². The quantitative estimate of drug-likeness (QED) is 0.522. The van der Waals surface area contributed by atoms with Crippen LogP contribution in [0.25, 0.3) is 11.1 Å². The lowest BCUT2D eigenvalue weighted by molar-refractivity contribution is 0.0697. The van der Waals surface area contributed by atoms with Crippen LogP contribution in [0.15, 0.2) is 36.4 Å². The summed E-state index contributed by atoms with van der Waals surface area (Å²) in [5, 5.41) is 8.90. The Balaban J connectivity index is 1.98. The molecule has 2 aromatic rings. The monoisotopic (exact) mass is 362 g/mol. The summed E-state index contributed by atoms with van der Waals surface area (Å²) < 4.78 is 33.7. The maximum atomic E-state index is 14.2. The summed E-state index contributed by atoms with van der Waals surface area (Å²) in [6, 6.07) is 8.25. The Morgan fingerprint density at radius 2 is 1.50 bits per heavy atom. The molecule has 5 heteroatoms. The summed E-state index contributed by atoms with van der Waals surface area (Å²) in [4.78, 5) is 10.9. The molecule has 3 nitrogen and oxygen atoms in total. The Hall–Kier alpha value is -2.43. The van der Waals surface area contributed by atoms with Crippen molar-refractivity contribution in [1.29, 1.82) is 0 Å². The molecule has 0 saturated heterocycles. The molecule has 26 heavy (non-hydrogen) atoms. The van der Waals surface area contributed by atoms with Crippen molar-refractivity contribution in [3.8, 4) is 16.9 Å². The van der Waals surface area contributed by atoms with Crippen LogP contribution in [0.4, 0.5) is 8.78 Å². The Morgan fingerprint density at radius 3 is 2.08 bits per heavy atom. The van der Waals surface area contributed by atoms with Gasteiger partial charge in [-0.25, -0.2) is 13.6 Å². The zero-order valence-electron chi connectivity index (χ0n) is 14.9. The number of halogens is 2. The third kappa shape index (κ3) is 5.55. The zero-order valence-corrected chi connectivity index (χ0v) is 14.9. The molecule has 0 bridgehead atoms. The second kappa shape index (κ2) is 9.90. The van der Waals surface area contributed by atoms with E-state index in [0.29, 0.717) is 11.1 Å². The molecule has 2 rings (SSSR count). The molecule has 0 aliphatic heterocycles. The van der Waals surface area contributed by atoms with Crippen LogP contribution in [0, 0.1) is 11.6 Å². The van der Waals surface area contributed by atoms with Crippen molar-refractivity contribution < 1.29 is 23.4 Å². The fourth-order valence-corrected chi connectivity index (χ4v) is 2.73. The van der Waals surface area contributed by atoms with Crippen LogP contribution in [0.5, 0.6) is 5.75 Å². The smallest absolute Gasteiger partial charge is 0.335 e. The first kappa shape index (κ1) is 19.9. The van der Waals surface area contributed by atoms with E-state index in [-0.39, 0.29) is 17.9 Å². The molecule has 0 aliphatic carbocycles. The number of aromatic carboxylic acids is 1. The molecule has 0 amide bonds. The average Bonchev–Trinajstić information content (AvgIpc) is 2.62. The van der Waals surface area contributed by atoms with Gasteiger partial charge in [0.25, 0.3) is 0 Å². The summed E-state index contributed by atoms with van der Waals surface area (Å²) in [7, 11) is 0. The molecule has 140 valence electrons. The first-order chi connectivity index (χ1) is 12.5. The molecular weight excluding hydrogens is 338 g/mol. The van der Waals surface area contributed by atoms with Crippen molar-refractivity contribution in [3.05, 3.63) is 53.6 Å². The summed E-state index contributed by atoms with van der Waals surface area (Å²) in [6.07, 6.45) is 6.41. The Bertz CT molecular complexity index is 704. The minimum absolute atomic E-state index is 0.119. The molecule has 0 spiro atoms. The molecule has 0 aromatic heterocycles. The third-order valence-corrected chi connectivity index (χ3v) is 4.21. The molecule has 0 fully saturated rings. The highest BCUT2D eigenvalue weighted by atomic mass is 19.1. The number of carboxylic acids is 1. The fraction of sp³-hybridized carbons (Fsp3) is 0.381. The SMILES string of the molecule is CCCCCCCCOc1c(F)cc(-c2ccc(C(=O)O)cc2)cc1F. The molecule has 0 aliphatic rings. The van der Waals surface area contributed by atoms with Gasteiger partial charge >= 0.3 is 5.97 Å². The van der Waals surface area contributed by atoms with Gasteiger partial charge in [0, 0.05) is 0 Å². The van der Waals surface area contributed by atoms with Crippen LogP contribution >= 0.6 is 0 Å². The molecule has 0 radical (unpaired) electrons. The molecule has 1 N–H and O–H groups in total. The predicted octanol–water partition coefficient (Wildman–Crippen LogP) is 6.07. The number of benzene rings is 2. The number of unbranched alkanes of at least 4 members (excludes halogenated alkanes) is 5. The number of hydrogen-bond donors (Lipinski definition) is 1. The minimum atomic E-state index is -1.05. The van der Waals surface area contributed by atoms with Gasteiger partial charge in [0.15, 0.2) is 17.4 Å². The van der Waals surface area contributed by atoms with Gasteiger partial charge in [0.05, 0.1) is 12.2 Å². The highest BCUT2D eigenvalue weighted by molar-refractivity contribution is 5.88. The van der Waals surface area contributed by atoms with Gasteiger partial charge in [-0.05, 0) is 41.8 Å². The Labute approximate surface area is 152 Å². The van der Waals surface area contributed by atoms with E-state index in [1.165, 1.54) is 55.7 Å². The van der Waals surface area contributed by atoms with E-state index in [1.54, 1.807) is 0 Å². The number of rotatable bonds is 10. The topological polar surface area (TPSA) is 46.5 Å². The first-order valence-electron chi connectivity index (χ1n) is 8.98. The van der Waals surface area contributed by atoms with E-state index in [0.717, 1.165) is 19.3 Å². The summed E-state index contributed by atoms with van der Waals surface area (Å²) in [5.74, 6) is -2.92. The minimum Gasteiger partial charge on any atom is -0.488 e. The number of carboxylic acid groups (broad SMARTS) is 1. The van der Waals surface area contributed by atoms with Crippen LogP contribution in [0.1, 0.15) is 55.8 Å². The van der Waals surface area contributed by atoms with Gasteiger partial charge in [-0.2, -0.15) is 0 Å². The summed E-state index contributed by atoms with van der Waals surface area (Å²) >= 11 is 0. The fourth-order valence-electron chi connectivity index (χ4n) is 2.73.